The number of halogens is 1. The quantitative estimate of drug-likeness (QED) is 0.264. The van der Waals surface area contributed by atoms with Crippen molar-refractivity contribution in [2.24, 2.45) is 10.4 Å². The number of rotatable bonds is 10. The van der Waals surface area contributed by atoms with E-state index in [1.807, 2.05) is 19.1 Å². The topological polar surface area (TPSA) is 70.6 Å². The van der Waals surface area contributed by atoms with Gasteiger partial charge in [0.15, 0.2) is 5.96 Å². The molecule has 3 rings (SSSR count). The van der Waals surface area contributed by atoms with Gasteiger partial charge < -0.3 is 10.6 Å². The Morgan fingerprint density at radius 1 is 1.03 bits per heavy atom. The Labute approximate surface area is 204 Å². The molecule has 1 atom stereocenters. The van der Waals surface area contributed by atoms with Crippen LogP contribution in [0.2, 0.25) is 0 Å². The molecule has 1 aliphatic rings. The largest absolute Gasteiger partial charge is 0.357 e. The van der Waals surface area contributed by atoms with E-state index in [9.17, 15) is 8.42 Å². The van der Waals surface area contributed by atoms with Gasteiger partial charge in [-0.1, -0.05) is 60.7 Å². The van der Waals surface area contributed by atoms with Gasteiger partial charge in [0.2, 0.25) is 0 Å². The maximum atomic E-state index is 11.7. The highest BCUT2D eigenvalue weighted by atomic mass is 127. The first-order valence-corrected chi connectivity index (χ1v) is 12.7. The van der Waals surface area contributed by atoms with Gasteiger partial charge in [-0.2, -0.15) is 0 Å². The number of hydrogen-bond acceptors (Lipinski definition) is 3. The molecule has 31 heavy (non-hydrogen) atoms. The van der Waals surface area contributed by atoms with E-state index in [-0.39, 0.29) is 35.1 Å². The summed E-state index contributed by atoms with van der Waals surface area (Å²) in [4.78, 5) is 4.73. The number of hydrogen-bond donors (Lipinski definition) is 2. The Kier molecular flexibility index (Phi) is 9.81. The van der Waals surface area contributed by atoms with Crippen molar-refractivity contribution in [1.29, 1.82) is 0 Å². The van der Waals surface area contributed by atoms with Gasteiger partial charge in [0.1, 0.15) is 9.84 Å². The highest BCUT2D eigenvalue weighted by Gasteiger charge is 2.45. The summed E-state index contributed by atoms with van der Waals surface area (Å²) >= 11 is 0. The van der Waals surface area contributed by atoms with Crippen molar-refractivity contribution in [3.05, 3.63) is 71.8 Å². The molecule has 0 spiro atoms. The van der Waals surface area contributed by atoms with Crippen LogP contribution in [0.4, 0.5) is 0 Å². The maximum Gasteiger partial charge on any atom is 0.191 e. The van der Waals surface area contributed by atoms with Gasteiger partial charge in [0.25, 0.3) is 0 Å². The first-order valence-electron chi connectivity index (χ1n) is 10.7. The lowest BCUT2D eigenvalue weighted by Gasteiger charge is -2.21. The zero-order valence-electron chi connectivity index (χ0n) is 18.4. The summed E-state index contributed by atoms with van der Waals surface area (Å²) in [5.41, 5.74) is 2.43. The molecule has 1 aliphatic carbocycles. The SMILES string of the molecule is CCNC(=NCC1(CS(C)(=O)=O)CC1)NCC(Cc1ccccc1)c1ccccc1.I. The van der Waals surface area contributed by atoms with Gasteiger partial charge in [0, 0.05) is 37.2 Å². The first kappa shape index (κ1) is 25.6. The molecule has 2 aromatic carbocycles. The third kappa shape index (κ3) is 8.80. The Hall–Kier alpha value is -1.61. The lowest BCUT2D eigenvalue weighted by atomic mass is 9.92. The van der Waals surface area contributed by atoms with E-state index in [1.165, 1.54) is 17.4 Å². The molecule has 0 radical (unpaired) electrons. The Bertz CT molecular complexity index is 930. The fourth-order valence-corrected chi connectivity index (χ4v) is 5.31. The minimum absolute atomic E-state index is 0. The second kappa shape index (κ2) is 11.9. The number of sulfone groups is 1. The molecule has 0 aliphatic heterocycles. The van der Waals surface area contributed by atoms with Crippen LogP contribution in [0.25, 0.3) is 0 Å². The zero-order valence-corrected chi connectivity index (χ0v) is 21.5. The molecule has 7 heteroatoms. The molecule has 2 aromatic rings. The monoisotopic (exact) mass is 555 g/mol. The van der Waals surface area contributed by atoms with Crippen LogP contribution in [0, 0.1) is 5.41 Å². The molecule has 2 N–H and O–H groups in total. The second-order valence-electron chi connectivity index (χ2n) is 8.44. The third-order valence-corrected chi connectivity index (χ3v) is 6.69. The molecular weight excluding hydrogens is 521 g/mol. The van der Waals surface area contributed by atoms with Gasteiger partial charge in [-0.15, -0.1) is 24.0 Å². The standard InChI is InChI=1S/C24H33N3O2S.HI/c1-3-25-23(27-18-24(14-15-24)19-30(2,28)29)26-17-22(21-12-8-5-9-13-21)16-20-10-6-4-7-11-20;/h4-13,22H,3,14-19H2,1-2H3,(H2,25,26,27);1H. The van der Waals surface area contributed by atoms with Crippen LogP contribution in [0.1, 0.15) is 36.8 Å². The fourth-order valence-electron chi connectivity index (χ4n) is 3.82. The molecule has 0 amide bonds. The molecule has 0 aromatic heterocycles. The Morgan fingerprint density at radius 2 is 1.65 bits per heavy atom. The lowest BCUT2D eigenvalue weighted by Crippen LogP contribution is -2.40. The normalized spacial score (nSPS) is 16.1. The number of guanidine groups is 1. The van der Waals surface area contributed by atoms with E-state index < -0.39 is 9.84 Å². The maximum absolute atomic E-state index is 11.7. The van der Waals surface area contributed by atoms with E-state index in [0.717, 1.165) is 38.3 Å². The van der Waals surface area contributed by atoms with Crippen LogP contribution in [-0.2, 0) is 16.3 Å². The van der Waals surface area contributed by atoms with Crippen LogP contribution >= 0.6 is 24.0 Å². The van der Waals surface area contributed by atoms with Crippen molar-refractivity contribution in [1.82, 2.24) is 10.6 Å². The van der Waals surface area contributed by atoms with Crippen LogP contribution in [0.3, 0.4) is 0 Å². The van der Waals surface area contributed by atoms with Crippen LogP contribution < -0.4 is 10.6 Å². The number of nitrogens with one attached hydrogen (secondary N) is 2. The summed E-state index contributed by atoms with van der Waals surface area (Å²) < 4.78 is 23.4. The molecule has 170 valence electrons. The second-order valence-corrected chi connectivity index (χ2v) is 10.6. The molecule has 1 saturated carbocycles. The molecular formula is C24H34IN3O2S. The minimum Gasteiger partial charge on any atom is -0.357 e. The molecule has 5 nitrogen and oxygen atoms in total. The summed E-state index contributed by atoms with van der Waals surface area (Å²) in [6.45, 7) is 4.10. The highest BCUT2D eigenvalue weighted by Crippen LogP contribution is 2.46. The van der Waals surface area contributed by atoms with Crippen molar-refractivity contribution < 1.29 is 8.42 Å². The summed E-state index contributed by atoms with van der Waals surface area (Å²) in [6.07, 6.45) is 4.12. The molecule has 0 saturated heterocycles. The number of aliphatic imine (C=N–C) groups is 1. The van der Waals surface area contributed by atoms with E-state index in [1.54, 1.807) is 0 Å². The predicted octanol–water partition coefficient (Wildman–Crippen LogP) is 4.01. The summed E-state index contributed by atoms with van der Waals surface area (Å²) in [5, 5.41) is 6.80. The van der Waals surface area contributed by atoms with Crippen molar-refractivity contribution in [2.45, 2.75) is 32.1 Å². The Morgan fingerprint density at radius 3 is 2.19 bits per heavy atom. The summed E-state index contributed by atoms with van der Waals surface area (Å²) in [5.74, 6) is 1.29. The van der Waals surface area contributed by atoms with E-state index in [2.05, 4.69) is 59.2 Å². The average Bonchev–Trinajstić information content (AvgIpc) is 3.48. The first-order chi connectivity index (χ1) is 14.4. The van der Waals surface area contributed by atoms with Crippen LogP contribution in [-0.4, -0.2) is 46.0 Å². The van der Waals surface area contributed by atoms with Crippen LogP contribution in [0.5, 0.6) is 0 Å². The smallest absolute Gasteiger partial charge is 0.191 e. The van der Waals surface area contributed by atoms with Crippen molar-refractivity contribution in [2.75, 3.05) is 31.6 Å². The van der Waals surface area contributed by atoms with Gasteiger partial charge in [-0.25, -0.2) is 8.42 Å². The lowest BCUT2D eigenvalue weighted by molar-refractivity contribution is 0.549. The number of nitrogens with zero attached hydrogens (tertiary/aromatic N) is 1. The molecule has 1 fully saturated rings. The van der Waals surface area contributed by atoms with Crippen molar-refractivity contribution in [3.63, 3.8) is 0 Å². The van der Waals surface area contributed by atoms with E-state index in [0.29, 0.717) is 12.5 Å². The Balaban J connectivity index is 0.00000341. The minimum atomic E-state index is -2.99. The summed E-state index contributed by atoms with van der Waals surface area (Å²) in [7, 11) is -2.99. The van der Waals surface area contributed by atoms with Crippen LogP contribution in [0.15, 0.2) is 65.7 Å². The van der Waals surface area contributed by atoms with Gasteiger partial charge in [-0.05, 0) is 37.3 Å². The third-order valence-electron chi connectivity index (χ3n) is 5.55. The van der Waals surface area contributed by atoms with Crippen molar-refractivity contribution in [3.8, 4) is 0 Å². The molecule has 0 bridgehead atoms. The van der Waals surface area contributed by atoms with Gasteiger partial charge in [-0.3, -0.25) is 4.99 Å². The number of benzene rings is 2. The van der Waals surface area contributed by atoms with E-state index >= 15 is 0 Å². The highest BCUT2D eigenvalue weighted by molar-refractivity contribution is 14.0. The van der Waals surface area contributed by atoms with Gasteiger partial charge in [0.05, 0.1) is 5.75 Å². The zero-order chi connectivity index (χ0) is 21.5. The van der Waals surface area contributed by atoms with Crippen molar-refractivity contribution >= 4 is 39.8 Å². The fraction of sp³-hybridized carbons (Fsp3) is 0.458. The average molecular weight is 556 g/mol. The van der Waals surface area contributed by atoms with Gasteiger partial charge >= 0.3 is 0 Å². The van der Waals surface area contributed by atoms with E-state index in [4.69, 9.17) is 4.99 Å². The molecule has 1 unspecified atom stereocenters. The molecule has 0 heterocycles. The summed E-state index contributed by atoms with van der Waals surface area (Å²) in [6, 6.07) is 21.1. The predicted molar refractivity (Wildman–Crippen MR) is 140 cm³/mol.